The van der Waals surface area contributed by atoms with Gasteiger partial charge >= 0.3 is 0 Å². The van der Waals surface area contributed by atoms with Crippen LogP contribution >= 0.6 is 0 Å². The van der Waals surface area contributed by atoms with Crippen molar-refractivity contribution < 1.29 is 14.3 Å². The molecule has 0 bridgehead atoms. The van der Waals surface area contributed by atoms with Crippen LogP contribution in [-0.4, -0.2) is 17.2 Å². The Labute approximate surface area is 110 Å². The number of aliphatic hydroxyl groups is 1. The van der Waals surface area contributed by atoms with Gasteiger partial charge in [-0.3, -0.25) is 0 Å². The summed E-state index contributed by atoms with van der Waals surface area (Å²) in [5.41, 5.74) is 3.05. The molecule has 4 nitrogen and oxygen atoms in total. The Balaban J connectivity index is 2.15. The second-order valence-corrected chi connectivity index (χ2v) is 4.18. The molecule has 0 saturated carbocycles. The van der Waals surface area contributed by atoms with Gasteiger partial charge in [0, 0.05) is 0 Å². The van der Waals surface area contributed by atoms with Crippen molar-refractivity contribution in [1.82, 2.24) is 4.98 Å². The molecule has 0 amide bonds. The Hall–Kier alpha value is -2.33. The average molecular weight is 255 g/mol. The summed E-state index contributed by atoms with van der Waals surface area (Å²) in [4.78, 5) is 4.44. The fourth-order valence-electron chi connectivity index (χ4n) is 2.01. The highest BCUT2D eigenvalue weighted by Gasteiger charge is 2.12. The van der Waals surface area contributed by atoms with Gasteiger partial charge in [-0.25, -0.2) is 4.98 Å². The van der Waals surface area contributed by atoms with Crippen molar-refractivity contribution in [3.63, 3.8) is 0 Å². The van der Waals surface area contributed by atoms with E-state index in [1.54, 1.807) is 7.11 Å². The van der Waals surface area contributed by atoms with Gasteiger partial charge in [0.1, 0.15) is 11.3 Å². The van der Waals surface area contributed by atoms with E-state index in [9.17, 15) is 0 Å². The zero-order chi connectivity index (χ0) is 13.2. The van der Waals surface area contributed by atoms with Crippen LogP contribution in [0.25, 0.3) is 22.6 Å². The SMILES string of the molecule is COc1ccccc1-c1nc2cc(CO)ccc2o1. The highest BCUT2D eigenvalue weighted by atomic mass is 16.5. The third-order valence-corrected chi connectivity index (χ3v) is 2.97. The van der Waals surface area contributed by atoms with E-state index in [1.807, 2.05) is 42.5 Å². The molecule has 2 aromatic carbocycles. The number of para-hydroxylation sites is 1. The number of hydrogen-bond acceptors (Lipinski definition) is 4. The molecule has 4 heteroatoms. The maximum atomic E-state index is 9.12. The van der Waals surface area contributed by atoms with Gasteiger partial charge in [-0.2, -0.15) is 0 Å². The second kappa shape index (κ2) is 4.74. The van der Waals surface area contributed by atoms with Crippen LogP contribution in [0.1, 0.15) is 5.56 Å². The lowest BCUT2D eigenvalue weighted by Crippen LogP contribution is -1.87. The number of oxazole rings is 1. The zero-order valence-electron chi connectivity index (χ0n) is 10.5. The fraction of sp³-hybridized carbons (Fsp3) is 0.133. The Morgan fingerprint density at radius 3 is 2.84 bits per heavy atom. The lowest BCUT2D eigenvalue weighted by Gasteiger charge is -2.03. The lowest BCUT2D eigenvalue weighted by molar-refractivity contribution is 0.282. The number of nitrogens with zero attached hydrogens (tertiary/aromatic N) is 1. The summed E-state index contributed by atoms with van der Waals surface area (Å²) in [5.74, 6) is 1.24. The minimum atomic E-state index is -0.00715. The molecule has 0 aliphatic heterocycles. The molecule has 0 unspecified atom stereocenters. The quantitative estimate of drug-likeness (QED) is 0.781. The minimum Gasteiger partial charge on any atom is -0.496 e. The Morgan fingerprint density at radius 2 is 2.05 bits per heavy atom. The van der Waals surface area contributed by atoms with Crippen LogP contribution in [-0.2, 0) is 6.61 Å². The number of ether oxygens (including phenoxy) is 1. The minimum absolute atomic E-state index is 0.00715. The summed E-state index contributed by atoms with van der Waals surface area (Å²) in [5, 5.41) is 9.12. The standard InChI is InChI=1S/C15H13NO3/c1-18-13-5-3-2-4-11(13)15-16-12-8-10(9-17)6-7-14(12)19-15/h2-8,17H,9H2,1H3. The van der Waals surface area contributed by atoms with Crippen LogP contribution in [0.3, 0.4) is 0 Å². The van der Waals surface area contributed by atoms with Crippen LogP contribution in [0.2, 0.25) is 0 Å². The van der Waals surface area contributed by atoms with E-state index in [0.29, 0.717) is 11.5 Å². The molecule has 0 atom stereocenters. The van der Waals surface area contributed by atoms with Crippen LogP contribution in [0, 0.1) is 0 Å². The smallest absolute Gasteiger partial charge is 0.231 e. The van der Waals surface area contributed by atoms with Gasteiger partial charge in [-0.1, -0.05) is 18.2 Å². The molecule has 0 aliphatic rings. The highest BCUT2D eigenvalue weighted by Crippen LogP contribution is 2.31. The normalized spacial score (nSPS) is 10.8. The third kappa shape index (κ3) is 2.06. The Morgan fingerprint density at radius 1 is 1.21 bits per heavy atom. The monoisotopic (exact) mass is 255 g/mol. The van der Waals surface area contributed by atoms with Gasteiger partial charge in [0.15, 0.2) is 5.58 Å². The number of hydrogen-bond donors (Lipinski definition) is 1. The predicted octanol–water partition coefficient (Wildman–Crippen LogP) is 3.00. The first-order valence-electron chi connectivity index (χ1n) is 5.95. The van der Waals surface area contributed by atoms with Crippen LogP contribution < -0.4 is 4.74 Å². The van der Waals surface area contributed by atoms with Crippen LogP contribution in [0.5, 0.6) is 5.75 Å². The topological polar surface area (TPSA) is 55.5 Å². The van der Waals surface area contributed by atoms with Crippen molar-refractivity contribution >= 4 is 11.1 Å². The van der Waals surface area contributed by atoms with E-state index in [4.69, 9.17) is 14.3 Å². The van der Waals surface area contributed by atoms with Crippen molar-refractivity contribution in [2.45, 2.75) is 6.61 Å². The number of methoxy groups -OCH3 is 1. The molecule has 19 heavy (non-hydrogen) atoms. The number of fused-ring (bicyclic) bond motifs is 1. The number of aliphatic hydroxyl groups excluding tert-OH is 1. The van der Waals surface area contributed by atoms with Crippen molar-refractivity contribution in [1.29, 1.82) is 0 Å². The first-order chi connectivity index (χ1) is 9.31. The molecule has 0 radical (unpaired) electrons. The molecular weight excluding hydrogens is 242 g/mol. The number of benzene rings is 2. The number of rotatable bonds is 3. The predicted molar refractivity (Wildman–Crippen MR) is 71.9 cm³/mol. The van der Waals surface area contributed by atoms with Gasteiger partial charge in [0.25, 0.3) is 0 Å². The van der Waals surface area contributed by atoms with Crippen molar-refractivity contribution in [2.75, 3.05) is 7.11 Å². The Bertz CT molecular complexity index is 718. The van der Waals surface area contributed by atoms with E-state index < -0.39 is 0 Å². The van der Waals surface area contributed by atoms with Crippen LogP contribution in [0.15, 0.2) is 46.9 Å². The number of aromatic nitrogens is 1. The summed E-state index contributed by atoms with van der Waals surface area (Å²) in [6, 6.07) is 13.0. The van der Waals surface area contributed by atoms with Gasteiger partial charge in [-0.15, -0.1) is 0 Å². The molecule has 1 aromatic heterocycles. The summed E-state index contributed by atoms with van der Waals surface area (Å²) < 4.78 is 11.0. The summed E-state index contributed by atoms with van der Waals surface area (Å²) in [7, 11) is 1.62. The third-order valence-electron chi connectivity index (χ3n) is 2.97. The summed E-state index contributed by atoms with van der Waals surface area (Å²) in [6.07, 6.45) is 0. The first kappa shape index (κ1) is 11.7. The molecule has 0 saturated heterocycles. The molecule has 1 heterocycles. The van der Waals surface area contributed by atoms with Crippen LogP contribution in [0.4, 0.5) is 0 Å². The maximum Gasteiger partial charge on any atom is 0.231 e. The van der Waals surface area contributed by atoms with Gasteiger partial charge < -0.3 is 14.3 Å². The molecule has 1 N–H and O–H groups in total. The van der Waals surface area contributed by atoms with Crippen molar-refractivity contribution in [3.05, 3.63) is 48.0 Å². The fourth-order valence-corrected chi connectivity index (χ4v) is 2.01. The van der Waals surface area contributed by atoms with Crippen molar-refractivity contribution in [3.8, 4) is 17.2 Å². The lowest BCUT2D eigenvalue weighted by atomic mass is 10.2. The van der Waals surface area contributed by atoms with E-state index in [-0.39, 0.29) is 6.61 Å². The largest absolute Gasteiger partial charge is 0.496 e. The summed E-state index contributed by atoms with van der Waals surface area (Å²) in [6.45, 7) is -0.00715. The van der Waals surface area contributed by atoms with E-state index in [0.717, 1.165) is 22.4 Å². The molecule has 3 rings (SSSR count). The second-order valence-electron chi connectivity index (χ2n) is 4.18. The van der Waals surface area contributed by atoms with Gasteiger partial charge in [-0.05, 0) is 29.8 Å². The molecule has 0 aliphatic carbocycles. The van der Waals surface area contributed by atoms with E-state index in [1.165, 1.54) is 0 Å². The molecule has 0 spiro atoms. The van der Waals surface area contributed by atoms with Gasteiger partial charge in [0.2, 0.25) is 5.89 Å². The van der Waals surface area contributed by atoms with Gasteiger partial charge in [0.05, 0.1) is 19.3 Å². The average Bonchev–Trinajstić information content (AvgIpc) is 2.89. The molecular formula is C15H13NO3. The Kier molecular flexibility index (Phi) is 2.93. The highest BCUT2D eigenvalue weighted by molar-refractivity contribution is 5.78. The van der Waals surface area contributed by atoms with Crippen molar-refractivity contribution in [2.24, 2.45) is 0 Å². The summed E-state index contributed by atoms with van der Waals surface area (Å²) >= 11 is 0. The first-order valence-corrected chi connectivity index (χ1v) is 5.95. The maximum absolute atomic E-state index is 9.12. The van der Waals surface area contributed by atoms with E-state index in [2.05, 4.69) is 4.98 Å². The zero-order valence-corrected chi connectivity index (χ0v) is 10.5. The molecule has 96 valence electrons. The van der Waals surface area contributed by atoms with E-state index >= 15 is 0 Å². The molecule has 0 fully saturated rings. The molecule has 3 aromatic rings.